The Kier molecular flexibility index (Phi) is 5.84. The Balaban J connectivity index is 3.06. The summed E-state index contributed by atoms with van der Waals surface area (Å²) < 4.78 is 13.2. The minimum Gasteiger partial charge on any atom is -0.395 e. The summed E-state index contributed by atoms with van der Waals surface area (Å²) in [6.45, 7) is 1.70. The lowest BCUT2D eigenvalue weighted by Gasteiger charge is -2.22. The second-order valence-corrected chi connectivity index (χ2v) is 5.41. The monoisotopic (exact) mass is 308 g/mol. The molecule has 8 heteroatoms. The van der Waals surface area contributed by atoms with Crippen molar-refractivity contribution in [3.8, 4) is 0 Å². The number of nitrogens with one attached hydrogen (secondary N) is 1. The highest BCUT2D eigenvalue weighted by Gasteiger charge is 2.22. The molecule has 0 heterocycles. The summed E-state index contributed by atoms with van der Waals surface area (Å²) in [5, 5.41) is 22.6. The molecule has 0 amide bonds. The van der Waals surface area contributed by atoms with Gasteiger partial charge in [-0.05, 0) is 19.2 Å². The molecular formula is C11H14ClFN2O3S. The van der Waals surface area contributed by atoms with E-state index in [4.69, 9.17) is 11.6 Å². The zero-order valence-corrected chi connectivity index (χ0v) is 12.0. The van der Waals surface area contributed by atoms with Gasteiger partial charge in [-0.2, -0.15) is 11.8 Å². The smallest absolute Gasteiger partial charge is 0.295 e. The van der Waals surface area contributed by atoms with Gasteiger partial charge in [-0.25, -0.2) is 4.39 Å². The second kappa shape index (κ2) is 6.93. The molecule has 5 nitrogen and oxygen atoms in total. The molecule has 19 heavy (non-hydrogen) atoms. The van der Waals surface area contributed by atoms with Gasteiger partial charge < -0.3 is 10.4 Å². The van der Waals surface area contributed by atoms with Crippen LogP contribution in [-0.2, 0) is 0 Å². The molecule has 0 aliphatic heterocycles. The first-order valence-corrected chi connectivity index (χ1v) is 7.11. The van der Waals surface area contributed by atoms with Crippen LogP contribution in [-0.4, -0.2) is 34.2 Å². The molecular weight excluding hydrogens is 295 g/mol. The molecule has 106 valence electrons. The van der Waals surface area contributed by atoms with Crippen molar-refractivity contribution in [2.75, 3.05) is 18.2 Å². The summed E-state index contributed by atoms with van der Waals surface area (Å²) in [7, 11) is 0. The van der Waals surface area contributed by atoms with Crippen LogP contribution in [0.4, 0.5) is 15.8 Å². The molecule has 0 saturated carbocycles. The summed E-state index contributed by atoms with van der Waals surface area (Å²) in [5.74, 6) is -0.838. The van der Waals surface area contributed by atoms with Crippen molar-refractivity contribution in [3.05, 3.63) is 33.1 Å². The number of aliphatic hydroxyl groups excluding tert-OH is 1. The summed E-state index contributed by atoms with van der Waals surface area (Å²) in [4.78, 5) is 10.2. The fraction of sp³-hybridized carbons (Fsp3) is 0.455. The Labute approximate surface area is 119 Å². The Hall–Kier alpha value is -1.05. The highest BCUT2D eigenvalue weighted by atomic mass is 35.5. The van der Waals surface area contributed by atoms with Crippen molar-refractivity contribution in [2.45, 2.75) is 18.2 Å². The highest BCUT2D eigenvalue weighted by molar-refractivity contribution is 7.99. The molecule has 0 aromatic heterocycles. The van der Waals surface area contributed by atoms with Gasteiger partial charge in [-0.3, -0.25) is 10.1 Å². The molecule has 0 bridgehead atoms. The van der Waals surface area contributed by atoms with E-state index in [1.54, 1.807) is 6.92 Å². The van der Waals surface area contributed by atoms with Crippen LogP contribution in [0.25, 0.3) is 0 Å². The van der Waals surface area contributed by atoms with Crippen LogP contribution in [0.2, 0.25) is 5.02 Å². The fourth-order valence-electron chi connectivity index (χ4n) is 1.58. The number of nitro groups is 1. The molecule has 2 unspecified atom stereocenters. The van der Waals surface area contributed by atoms with E-state index in [0.717, 1.165) is 6.07 Å². The second-order valence-electron chi connectivity index (χ2n) is 3.93. The largest absolute Gasteiger partial charge is 0.395 e. The van der Waals surface area contributed by atoms with Gasteiger partial charge in [0.1, 0.15) is 11.5 Å². The molecule has 1 aromatic rings. The molecule has 0 aliphatic carbocycles. The molecule has 2 atom stereocenters. The van der Waals surface area contributed by atoms with E-state index in [0.29, 0.717) is 0 Å². The number of thioether (sulfide) groups is 1. The average Bonchev–Trinajstić information content (AvgIpc) is 2.34. The topological polar surface area (TPSA) is 75.4 Å². The zero-order chi connectivity index (χ0) is 14.6. The number of benzene rings is 1. The highest BCUT2D eigenvalue weighted by Crippen LogP contribution is 2.31. The first kappa shape index (κ1) is 16.0. The fourth-order valence-corrected chi connectivity index (χ4v) is 2.37. The van der Waals surface area contributed by atoms with Crippen LogP contribution in [0, 0.1) is 15.9 Å². The number of anilines is 1. The van der Waals surface area contributed by atoms with Gasteiger partial charge in [0.25, 0.3) is 5.69 Å². The van der Waals surface area contributed by atoms with Crippen molar-refractivity contribution in [1.82, 2.24) is 0 Å². The van der Waals surface area contributed by atoms with Crippen LogP contribution in [0.1, 0.15) is 6.92 Å². The first-order valence-electron chi connectivity index (χ1n) is 5.44. The van der Waals surface area contributed by atoms with E-state index in [1.165, 1.54) is 17.8 Å². The Morgan fingerprint density at radius 1 is 1.63 bits per heavy atom. The lowest BCUT2D eigenvalue weighted by atomic mass is 10.2. The van der Waals surface area contributed by atoms with Crippen molar-refractivity contribution in [2.24, 2.45) is 0 Å². The van der Waals surface area contributed by atoms with E-state index < -0.39 is 10.7 Å². The van der Waals surface area contributed by atoms with Crippen molar-refractivity contribution in [1.29, 1.82) is 0 Å². The molecule has 0 saturated heterocycles. The molecule has 0 spiro atoms. The number of halogens is 2. The average molecular weight is 309 g/mol. The van der Waals surface area contributed by atoms with Crippen molar-refractivity contribution < 1.29 is 14.4 Å². The Bertz CT molecular complexity index is 471. The van der Waals surface area contributed by atoms with E-state index in [2.05, 4.69) is 5.32 Å². The van der Waals surface area contributed by atoms with Crippen LogP contribution in [0.5, 0.6) is 0 Å². The normalized spacial score (nSPS) is 13.9. The Morgan fingerprint density at radius 2 is 2.26 bits per heavy atom. The third-order valence-electron chi connectivity index (χ3n) is 2.66. The SMILES string of the molecule is CSC(CO)C(C)Nc1cc(Cl)c(F)cc1[N+](=O)[O-]. The molecule has 0 fully saturated rings. The minimum atomic E-state index is -0.838. The van der Waals surface area contributed by atoms with E-state index >= 15 is 0 Å². The number of nitro benzene ring substituents is 1. The van der Waals surface area contributed by atoms with Gasteiger partial charge >= 0.3 is 0 Å². The van der Waals surface area contributed by atoms with Crippen LogP contribution < -0.4 is 5.32 Å². The number of hydrogen-bond acceptors (Lipinski definition) is 5. The maximum Gasteiger partial charge on any atom is 0.295 e. The van der Waals surface area contributed by atoms with Crippen molar-refractivity contribution in [3.63, 3.8) is 0 Å². The predicted octanol–water partition coefficient (Wildman–Crippen LogP) is 2.91. The standard InChI is InChI=1S/C11H14ClFN2O3S/c1-6(11(5-16)19-2)14-9-3-7(12)8(13)4-10(9)15(17)18/h3-4,6,11,14,16H,5H2,1-2H3. The molecule has 1 rings (SSSR count). The molecule has 1 aromatic carbocycles. The summed E-state index contributed by atoms with van der Waals surface area (Å²) >= 11 is 7.06. The number of nitrogens with zero attached hydrogens (tertiary/aromatic N) is 1. The van der Waals surface area contributed by atoms with E-state index in [1.807, 2.05) is 6.26 Å². The number of rotatable bonds is 6. The maximum absolute atomic E-state index is 13.2. The van der Waals surface area contributed by atoms with Crippen LogP contribution >= 0.6 is 23.4 Å². The first-order chi connectivity index (χ1) is 8.90. The van der Waals surface area contributed by atoms with Crippen LogP contribution in [0.15, 0.2) is 12.1 Å². The lowest BCUT2D eigenvalue weighted by molar-refractivity contribution is -0.384. The third kappa shape index (κ3) is 3.95. The quantitative estimate of drug-likeness (QED) is 0.624. The van der Waals surface area contributed by atoms with Gasteiger partial charge in [0.15, 0.2) is 0 Å². The Morgan fingerprint density at radius 3 is 2.74 bits per heavy atom. The summed E-state index contributed by atoms with van der Waals surface area (Å²) in [6.07, 6.45) is 1.82. The van der Waals surface area contributed by atoms with Gasteiger partial charge in [0.2, 0.25) is 0 Å². The van der Waals surface area contributed by atoms with Crippen molar-refractivity contribution >= 4 is 34.7 Å². The van der Waals surface area contributed by atoms with Gasteiger partial charge in [0.05, 0.1) is 22.6 Å². The summed E-state index contributed by atoms with van der Waals surface area (Å²) in [5.41, 5.74) is -0.247. The van der Waals surface area contributed by atoms with Crippen LogP contribution in [0.3, 0.4) is 0 Å². The van der Waals surface area contributed by atoms with E-state index in [9.17, 15) is 19.6 Å². The summed E-state index contributed by atoms with van der Waals surface area (Å²) in [6, 6.07) is 1.73. The number of aliphatic hydroxyl groups is 1. The van der Waals surface area contributed by atoms with Gasteiger partial charge in [-0.15, -0.1) is 0 Å². The van der Waals surface area contributed by atoms with E-state index in [-0.39, 0.29) is 34.3 Å². The minimum absolute atomic E-state index is 0.0714. The predicted molar refractivity (Wildman–Crippen MR) is 75.5 cm³/mol. The van der Waals surface area contributed by atoms with Gasteiger partial charge in [-0.1, -0.05) is 11.6 Å². The van der Waals surface area contributed by atoms with Gasteiger partial charge in [0, 0.05) is 11.3 Å². The molecule has 0 radical (unpaired) electrons. The maximum atomic E-state index is 13.2. The number of hydrogen-bond donors (Lipinski definition) is 2. The lowest BCUT2D eigenvalue weighted by Crippen LogP contribution is -2.31. The molecule has 0 aliphatic rings. The third-order valence-corrected chi connectivity index (χ3v) is 4.11. The molecule has 2 N–H and O–H groups in total. The zero-order valence-electron chi connectivity index (χ0n) is 10.4.